The average molecular weight is 249 g/mol. The Labute approximate surface area is 107 Å². The van der Waals surface area contributed by atoms with Gasteiger partial charge in [-0.2, -0.15) is 4.99 Å². The van der Waals surface area contributed by atoms with Crippen molar-refractivity contribution in [2.24, 2.45) is 15.7 Å². The van der Waals surface area contributed by atoms with Gasteiger partial charge in [0.25, 0.3) is 0 Å². The van der Waals surface area contributed by atoms with Crippen LogP contribution in [0.25, 0.3) is 0 Å². The molecule has 2 aliphatic heterocycles. The number of aliphatic hydroxyl groups is 3. The van der Waals surface area contributed by atoms with Gasteiger partial charge in [-0.05, 0) is 0 Å². The van der Waals surface area contributed by atoms with E-state index in [1.54, 1.807) is 0 Å². The van der Waals surface area contributed by atoms with Crippen LogP contribution in [0.3, 0.4) is 0 Å². The summed E-state index contributed by atoms with van der Waals surface area (Å²) in [5.41, 5.74) is 5.28. The van der Waals surface area contributed by atoms with Crippen LogP contribution in [-0.2, 0) is 4.74 Å². The van der Waals surface area contributed by atoms with Crippen molar-refractivity contribution in [2.75, 3.05) is 6.56 Å². The highest BCUT2D eigenvalue weighted by atomic mass is 16.6. The zero-order valence-corrected chi connectivity index (χ0v) is 8.38. The van der Waals surface area contributed by atoms with Crippen molar-refractivity contribution in [1.29, 1.82) is 0 Å². The van der Waals surface area contributed by atoms with Crippen LogP contribution < -0.4 is 5.73 Å². The summed E-state index contributed by atoms with van der Waals surface area (Å²) in [6.07, 6.45) is -15.7. The fourth-order valence-corrected chi connectivity index (χ4v) is 1.16. The number of hydrogen-bond acceptors (Lipinski definition) is 8. The van der Waals surface area contributed by atoms with Gasteiger partial charge in [0, 0.05) is 0 Å². The van der Waals surface area contributed by atoms with Crippen LogP contribution in [0.5, 0.6) is 0 Å². The Morgan fingerprint density at radius 3 is 2.94 bits per heavy atom. The van der Waals surface area contributed by atoms with Gasteiger partial charge >= 0.3 is 0 Å². The van der Waals surface area contributed by atoms with Gasteiger partial charge in [-0.15, -0.1) is 0 Å². The summed E-state index contributed by atoms with van der Waals surface area (Å²) in [7, 11) is 0. The van der Waals surface area contributed by atoms with Gasteiger partial charge in [-0.25, -0.2) is 4.99 Å². The van der Waals surface area contributed by atoms with Crippen LogP contribution in [-0.4, -0.2) is 63.5 Å². The third kappa shape index (κ3) is 2.03. The van der Waals surface area contributed by atoms with Crippen LogP contribution in [0.15, 0.2) is 22.4 Å². The second kappa shape index (κ2) is 4.41. The first-order valence-electron chi connectivity index (χ1n) is 7.79. The molecule has 2 rings (SSSR count). The Balaban J connectivity index is 2.67. The Kier molecular flexibility index (Phi) is 1.54. The number of rotatable bonds is 2. The lowest BCUT2D eigenvalue weighted by atomic mass is 10.1. The first-order valence-corrected chi connectivity index (χ1v) is 4.29. The van der Waals surface area contributed by atoms with E-state index in [0.717, 1.165) is 0 Å². The minimum atomic E-state index is -3.87. The maximum atomic E-state index is 10.2. The predicted octanol–water partition coefficient (Wildman–Crippen LogP) is -2.44. The van der Waals surface area contributed by atoms with Crippen molar-refractivity contribution in [3.63, 3.8) is 0 Å². The molecular weight excluding hydrogens is 228 g/mol. The lowest BCUT2D eigenvalue weighted by Gasteiger charge is -2.29. The highest BCUT2D eigenvalue weighted by Crippen LogP contribution is 2.26. The van der Waals surface area contributed by atoms with Crippen molar-refractivity contribution in [1.82, 2.24) is 4.90 Å². The summed E-state index contributed by atoms with van der Waals surface area (Å²) >= 11 is 0. The first kappa shape index (κ1) is 5.91. The molecule has 0 amide bonds. The largest absolute Gasteiger partial charge is 0.394 e. The zero-order valence-electron chi connectivity index (χ0n) is 15.4. The standard InChI is InChI=1S/C9H14N4O4/c1-4-12-9(10)11-3-13(4)8-7(16)6(15)5(2-14)17-8/h3,5-8,14-16H,1-2H2,(H2,10,12)/t5-,6+,7?,8-/m1/s1/i2D2,3D,5D,6D,7D,8D. The predicted molar refractivity (Wildman–Crippen MR) is 58.9 cm³/mol. The second-order valence-electron chi connectivity index (χ2n) is 2.98. The fourth-order valence-electron chi connectivity index (χ4n) is 1.16. The van der Waals surface area contributed by atoms with Gasteiger partial charge in [0.15, 0.2) is 6.20 Å². The molecule has 8 nitrogen and oxygen atoms in total. The molecule has 5 N–H and O–H groups in total. The van der Waals surface area contributed by atoms with Crippen molar-refractivity contribution in [3.05, 3.63) is 12.4 Å². The molecule has 0 aromatic rings. The van der Waals surface area contributed by atoms with Crippen LogP contribution >= 0.6 is 0 Å². The van der Waals surface area contributed by atoms with Crippen LogP contribution in [0, 0.1) is 0 Å². The highest BCUT2D eigenvalue weighted by molar-refractivity contribution is 5.89. The fraction of sp³-hybridized carbons (Fsp3) is 0.556. The molecule has 0 saturated carbocycles. The molecular formula is C9H14N4O4. The van der Waals surface area contributed by atoms with Crippen molar-refractivity contribution in [3.8, 4) is 0 Å². The van der Waals surface area contributed by atoms with E-state index in [-0.39, 0.29) is 4.90 Å². The van der Waals surface area contributed by atoms with Crippen molar-refractivity contribution < 1.29 is 29.7 Å². The summed E-state index contributed by atoms with van der Waals surface area (Å²) in [5, 5.41) is 29.7. The Hall–Kier alpha value is -1.48. The third-order valence-electron chi connectivity index (χ3n) is 1.91. The van der Waals surface area contributed by atoms with Gasteiger partial charge in [0.05, 0.1) is 14.8 Å². The number of guanidine groups is 1. The molecule has 0 aromatic carbocycles. The van der Waals surface area contributed by atoms with Crippen molar-refractivity contribution in [2.45, 2.75) is 24.4 Å². The average Bonchev–Trinajstić information content (AvgIpc) is 2.44. The van der Waals surface area contributed by atoms with E-state index >= 15 is 0 Å². The Morgan fingerprint density at radius 1 is 1.71 bits per heavy atom. The number of hydrogen-bond donors (Lipinski definition) is 4. The summed E-state index contributed by atoms with van der Waals surface area (Å²) in [5.74, 6) is -1.01. The number of amidine groups is 1. The van der Waals surface area contributed by atoms with Gasteiger partial charge < -0.3 is 25.8 Å². The van der Waals surface area contributed by atoms with Crippen LogP contribution in [0.4, 0.5) is 0 Å². The first-order chi connectivity index (χ1) is 10.5. The van der Waals surface area contributed by atoms with E-state index in [1.165, 1.54) is 0 Å². The van der Waals surface area contributed by atoms with E-state index in [0.29, 0.717) is 0 Å². The van der Waals surface area contributed by atoms with E-state index < -0.39 is 49.1 Å². The summed E-state index contributed by atoms with van der Waals surface area (Å²) in [6.45, 7) is -0.465. The molecule has 1 saturated heterocycles. The minimum absolute atomic E-state index is 0.220. The van der Waals surface area contributed by atoms with Gasteiger partial charge in [0.2, 0.25) is 5.96 Å². The molecule has 0 aliphatic carbocycles. The number of aliphatic imine (C=N–C) groups is 2. The minimum Gasteiger partial charge on any atom is -0.394 e. The van der Waals surface area contributed by atoms with Crippen LogP contribution in [0.1, 0.15) is 9.60 Å². The molecule has 0 spiro atoms. The molecule has 17 heavy (non-hydrogen) atoms. The normalized spacial score (nSPS) is 62.2. The summed E-state index contributed by atoms with van der Waals surface area (Å²) < 4.78 is 57.9. The lowest BCUT2D eigenvalue weighted by molar-refractivity contribution is -0.0607. The lowest BCUT2D eigenvalue weighted by Crippen LogP contribution is -2.44. The van der Waals surface area contributed by atoms with E-state index in [4.69, 9.17) is 15.3 Å². The molecule has 1 fully saturated rings. The molecule has 94 valence electrons. The van der Waals surface area contributed by atoms with E-state index in [2.05, 4.69) is 21.3 Å². The molecule has 2 heterocycles. The van der Waals surface area contributed by atoms with Gasteiger partial charge in [-0.3, -0.25) is 4.90 Å². The van der Waals surface area contributed by atoms with Gasteiger partial charge in [0.1, 0.15) is 31.7 Å². The van der Waals surface area contributed by atoms with E-state index in [1.807, 2.05) is 0 Å². The van der Waals surface area contributed by atoms with Crippen LogP contribution in [0.2, 0.25) is 0 Å². The maximum Gasteiger partial charge on any atom is 0.223 e. The van der Waals surface area contributed by atoms with Gasteiger partial charge in [-0.1, -0.05) is 6.58 Å². The Morgan fingerprint density at radius 2 is 2.41 bits per heavy atom. The Bertz CT molecular complexity index is 663. The summed E-state index contributed by atoms with van der Waals surface area (Å²) in [4.78, 5) is 7.06. The molecule has 2 aliphatic rings. The zero-order chi connectivity index (χ0) is 18.9. The molecule has 8 heteroatoms. The van der Waals surface area contributed by atoms with E-state index in [9.17, 15) is 15.3 Å². The summed E-state index contributed by atoms with van der Waals surface area (Å²) in [6, 6.07) is 0. The quantitative estimate of drug-likeness (QED) is 0.431. The molecule has 4 atom stereocenters. The second-order valence-corrected chi connectivity index (χ2v) is 2.98. The molecule has 1 unspecified atom stereocenters. The highest BCUT2D eigenvalue weighted by Gasteiger charge is 2.45. The number of ether oxygens (including phenoxy) is 1. The molecule has 0 aromatic heterocycles. The monoisotopic (exact) mass is 249 g/mol. The molecule has 0 radical (unpaired) electrons. The van der Waals surface area contributed by atoms with Crippen molar-refractivity contribution >= 4 is 12.3 Å². The third-order valence-corrected chi connectivity index (χ3v) is 1.91. The molecule has 0 bridgehead atoms. The maximum absolute atomic E-state index is 10.2. The number of nitrogens with zero attached hydrogens (tertiary/aromatic N) is 3. The smallest absolute Gasteiger partial charge is 0.223 e. The SMILES string of the molecule is [2H]C1=NC(N)=NC(=C)N1[C@]1([2H])O[C@]([2H])(C([2H])([2H])O)[C@]([2H])(O)C1([2H])O. The number of nitrogens with two attached hydrogens (primary N) is 1. The topological polar surface area (TPSA) is 124 Å².